The first kappa shape index (κ1) is 24.1. The van der Waals surface area contributed by atoms with Crippen LogP contribution in [-0.4, -0.2) is 27.2 Å². The molecule has 0 saturated carbocycles. The molecule has 2 aromatic carbocycles. The molecule has 5 nitrogen and oxygen atoms in total. The zero-order valence-corrected chi connectivity index (χ0v) is 17.5. The van der Waals surface area contributed by atoms with Gasteiger partial charge in [0.25, 0.3) is 0 Å². The maximum absolute atomic E-state index is 13.5. The molecule has 0 saturated heterocycles. The summed E-state index contributed by atoms with van der Waals surface area (Å²) in [5.41, 5.74) is 5.01. The van der Waals surface area contributed by atoms with Gasteiger partial charge in [0.05, 0.1) is 22.9 Å². The Labute approximate surface area is 177 Å². The van der Waals surface area contributed by atoms with Crippen molar-refractivity contribution in [3.63, 3.8) is 0 Å². The predicted octanol–water partition coefficient (Wildman–Crippen LogP) is 6.60. The average molecular weight is 406 g/mol. The van der Waals surface area contributed by atoms with Gasteiger partial charge in [0.15, 0.2) is 5.82 Å². The lowest BCUT2D eigenvalue weighted by Crippen LogP contribution is -1.90. The number of hydrogen-bond acceptors (Lipinski definition) is 3. The van der Waals surface area contributed by atoms with Crippen molar-refractivity contribution in [3.8, 4) is 22.6 Å². The molecule has 30 heavy (non-hydrogen) atoms. The number of hydrogen-bond donors (Lipinski definition) is 3. The minimum atomic E-state index is -0.263. The molecule has 6 heteroatoms. The maximum Gasteiger partial charge on any atom is 0.158 e. The number of benzene rings is 2. The molecule has 0 fully saturated rings. The quantitative estimate of drug-likeness (QED) is 0.336. The summed E-state index contributed by atoms with van der Waals surface area (Å²) in [5.74, 6) is 0.423. The zero-order valence-electron chi connectivity index (χ0n) is 17.5. The van der Waals surface area contributed by atoms with Gasteiger partial charge in [0, 0.05) is 12.6 Å². The third-order valence-corrected chi connectivity index (χ3v) is 3.79. The number of allylic oxidation sites excluding steroid dienone is 1. The van der Waals surface area contributed by atoms with E-state index in [0.29, 0.717) is 5.82 Å². The van der Waals surface area contributed by atoms with Crippen LogP contribution in [0.5, 0.6) is 0 Å². The molecule has 0 bridgehead atoms. The van der Waals surface area contributed by atoms with E-state index in [0.717, 1.165) is 33.5 Å². The molecule has 2 aromatic heterocycles. The van der Waals surface area contributed by atoms with Crippen LogP contribution in [0.15, 0.2) is 87.6 Å². The first-order valence-electron chi connectivity index (χ1n) is 9.21. The Morgan fingerprint density at radius 1 is 1.07 bits per heavy atom. The smallest absolute Gasteiger partial charge is 0.158 e. The van der Waals surface area contributed by atoms with Crippen molar-refractivity contribution in [1.29, 1.82) is 0 Å². The topological polar surface area (TPSA) is 69.4 Å². The van der Waals surface area contributed by atoms with Gasteiger partial charge in [-0.3, -0.25) is 5.10 Å². The first-order valence-corrected chi connectivity index (χ1v) is 9.21. The molecule has 0 aliphatic carbocycles. The highest BCUT2D eigenvalue weighted by Crippen LogP contribution is 2.31. The SMILES string of the molecule is C=C.C=C.C=CC.CNc1cn[nH]c1-c1nc2c(-c3cccc(F)c3)cccc2[nH]1. The number of halogens is 1. The van der Waals surface area contributed by atoms with Crippen LogP contribution in [0.25, 0.3) is 33.7 Å². The Morgan fingerprint density at radius 2 is 1.73 bits per heavy atom. The van der Waals surface area contributed by atoms with E-state index in [1.807, 2.05) is 38.2 Å². The number of H-pyrrole nitrogens is 2. The van der Waals surface area contributed by atoms with E-state index in [2.05, 4.69) is 58.4 Å². The molecular weight excluding hydrogens is 377 g/mol. The number of aromatic amines is 2. The standard InChI is InChI=1S/C17H14FN5.C3H6.2C2H4/c1-19-14-9-20-23-16(14)17-21-13-7-3-6-12(15(13)22-17)10-4-2-5-11(18)8-10;1-3-2;2*1-2/h2-9,19H,1H3,(H,20,23)(H,21,22);3H,1H2,2H3;2*1-2H2. The van der Waals surface area contributed by atoms with E-state index < -0.39 is 0 Å². The fourth-order valence-electron chi connectivity index (χ4n) is 2.70. The summed E-state index contributed by atoms with van der Waals surface area (Å²) in [6.07, 6.45) is 3.45. The molecule has 3 N–H and O–H groups in total. The molecule has 0 unspecified atom stereocenters. The zero-order chi connectivity index (χ0) is 22.5. The summed E-state index contributed by atoms with van der Waals surface area (Å²) in [5, 5.41) is 10.0. The number of anilines is 1. The van der Waals surface area contributed by atoms with Crippen LogP contribution in [0.3, 0.4) is 0 Å². The van der Waals surface area contributed by atoms with Gasteiger partial charge < -0.3 is 10.3 Å². The van der Waals surface area contributed by atoms with Gasteiger partial charge in [-0.15, -0.1) is 32.9 Å². The number of aromatic nitrogens is 4. The Hall–Kier alpha value is -3.93. The summed E-state index contributed by atoms with van der Waals surface area (Å²) >= 11 is 0. The van der Waals surface area contributed by atoms with E-state index in [4.69, 9.17) is 0 Å². The highest BCUT2D eigenvalue weighted by molar-refractivity contribution is 5.94. The predicted molar refractivity (Wildman–Crippen MR) is 127 cm³/mol. The molecule has 156 valence electrons. The van der Waals surface area contributed by atoms with Crippen molar-refractivity contribution < 1.29 is 4.39 Å². The fourth-order valence-corrected chi connectivity index (χ4v) is 2.70. The second-order valence-electron chi connectivity index (χ2n) is 5.61. The van der Waals surface area contributed by atoms with Gasteiger partial charge >= 0.3 is 0 Å². The summed E-state index contributed by atoms with van der Waals surface area (Å²) in [6, 6.07) is 12.3. The van der Waals surface area contributed by atoms with Crippen molar-refractivity contribution in [2.75, 3.05) is 12.4 Å². The third-order valence-electron chi connectivity index (χ3n) is 3.79. The Morgan fingerprint density at radius 3 is 2.37 bits per heavy atom. The normalized spacial score (nSPS) is 9.17. The van der Waals surface area contributed by atoms with Crippen molar-refractivity contribution in [2.45, 2.75) is 6.92 Å². The number of imidazole rings is 1. The molecule has 0 amide bonds. The monoisotopic (exact) mass is 405 g/mol. The van der Waals surface area contributed by atoms with Crippen LogP contribution in [0.4, 0.5) is 10.1 Å². The first-order chi connectivity index (χ1) is 14.7. The van der Waals surface area contributed by atoms with Crippen LogP contribution in [-0.2, 0) is 0 Å². The van der Waals surface area contributed by atoms with E-state index in [9.17, 15) is 4.39 Å². The van der Waals surface area contributed by atoms with Crippen molar-refractivity contribution >= 4 is 16.7 Å². The highest BCUT2D eigenvalue weighted by Gasteiger charge is 2.14. The van der Waals surface area contributed by atoms with Gasteiger partial charge in [-0.05, 0) is 30.7 Å². The van der Waals surface area contributed by atoms with Gasteiger partial charge in [-0.25, -0.2) is 9.37 Å². The Balaban J connectivity index is 0.000000579. The lowest BCUT2D eigenvalue weighted by atomic mass is 10.0. The minimum Gasteiger partial charge on any atom is -0.385 e. The van der Waals surface area contributed by atoms with Crippen LogP contribution >= 0.6 is 0 Å². The molecular formula is C24H28FN5. The largest absolute Gasteiger partial charge is 0.385 e. The van der Waals surface area contributed by atoms with E-state index in [1.54, 1.807) is 18.3 Å². The molecule has 4 aromatic rings. The number of nitrogens with zero attached hydrogens (tertiary/aromatic N) is 2. The second kappa shape index (κ2) is 12.5. The van der Waals surface area contributed by atoms with Crippen LogP contribution < -0.4 is 5.32 Å². The van der Waals surface area contributed by atoms with Gasteiger partial charge in [0.2, 0.25) is 0 Å². The molecule has 0 aliphatic heterocycles. The molecule has 0 atom stereocenters. The number of nitrogens with one attached hydrogen (secondary N) is 3. The highest BCUT2D eigenvalue weighted by atomic mass is 19.1. The number of fused-ring (bicyclic) bond motifs is 1. The van der Waals surface area contributed by atoms with Crippen LogP contribution in [0.1, 0.15) is 6.92 Å². The molecule has 0 radical (unpaired) electrons. The summed E-state index contributed by atoms with van der Waals surface area (Å²) in [4.78, 5) is 7.96. The Kier molecular flexibility index (Phi) is 10.1. The van der Waals surface area contributed by atoms with Crippen molar-refractivity contribution in [2.24, 2.45) is 0 Å². The number of para-hydroxylation sites is 1. The molecule has 4 rings (SSSR count). The Bertz CT molecular complexity index is 1060. The van der Waals surface area contributed by atoms with E-state index in [1.165, 1.54) is 12.1 Å². The minimum absolute atomic E-state index is 0.263. The fraction of sp³-hybridized carbons (Fsp3) is 0.0833. The average Bonchev–Trinajstić information content (AvgIpc) is 3.43. The van der Waals surface area contributed by atoms with Gasteiger partial charge in [0.1, 0.15) is 11.5 Å². The summed E-state index contributed by atoms with van der Waals surface area (Å²) in [7, 11) is 1.83. The molecule has 0 aliphatic rings. The lowest BCUT2D eigenvalue weighted by Gasteiger charge is -2.02. The van der Waals surface area contributed by atoms with E-state index in [-0.39, 0.29) is 5.82 Å². The van der Waals surface area contributed by atoms with Crippen molar-refractivity contribution in [3.05, 3.63) is 93.4 Å². The van der Waals surface area contributed by atoms with Gasteiger partial charge in [-0.2, -0.15) is 5.10 Å². The number of rotatable bonds is 3. The van der Waals surface area contributed by atoms with Crippen LogP contribution in [0.2, 0.25) is 0 Å². The maximum atomic E-state index is 13.5. The van der Waals surface area contributed by atoms with Crippen LogP contribution in [0, 0.1) is 5.82 Å². The summed E-state index contributed by atoms with van der Waals surface area (Å²) in [6.45, 7) is 17.2. The van der Waals surface area contributed by atoms with Crippen molar-refractivity contribution in [1.82, 2.24) is 20.2 Å². The third kappa shape index (κ3) is 5.54. The second-order valence-corrected chi connectivity index (χ2v) is 5.61. The lowest BCUT2D eigenvalue weighted by molar-refractivity contribution is 0.628. The summed E-state index contributed by atoms with van der Waals surface area (Å²) < 4.78 is 13.5. The van der Waals surface area contributed by atoms with E-state index >= 15 is 0 Å². The molecule has 0 spiro atoms. The van der Waals surface area contributed by atoms with Gasteiger partial charge in [-0.1, -0.05) is 30.3 Å². The molecule has 2 heterocycles.